The van der Waals surface area contributed by atoms with Crippen molar-refractivity contribution in [2.24, 2.45) is 5.92 Å². The number of aromatic amines is 1. The van der Waals surface area contributed by atoms with Gasteiger partial charge in [0.15, 0.2) is 5.03 Å². The van der Waals surface area contributed by atoms with Crippen molar-refractivity contribution in [1.82, 2.24) is 20.2 Å². The summed E-state index contributed by atoms with van der Waals surface area (Å²) >= 11 is 0. The third kappa shape index (κ3) is 3.55. The Kier molecular flexibility index (Phi) is 4.59. The standard InChI is InChI=1S/C12H22N4O2S/c1-3-13-7-10-8-14-15-12(10)19(17,18)16-11-5-4-9(2)6-11/h8-9,11,13,16H,3-7H2,1-2H3,(H,14,15). The third-order valence-corrected chi connectivity index (χ3v) is 5.06. The minimum atomic E-state index is -3.49. The lowest BCUT2D eigenvalue weighted by Crippen LogP contribution is -2.34. The van der Waals surface area contributed by atoms with Crippen molar-refractivity contribution in [3.63, 3.8) is 0 Å². The molecule has 0 bridgehead atoms. The van der Waals surface area contributed by atoms with E-state index in [1.807, 2.05) is 6.92 Å². The second-order valence-corrected chi connectivity index (χ2v) is 6.89. The summed E-state index contributed by atoms with van der Waals surface area (Å²) in [4.78, 5) is 0. The fourth-order valence-electron chi connectivity index (χ4n) is 2.51. The molecular formula is C12H22N4O2S. The molecule has 1 saturated carbocycles. The van der Waals surface area contributed by atoms with Gasteiger partial charge in [-0.1, -0.05) is 13.8 Å². The highest BCUT2D eigenvalue weighted by atomic mass is 32.2. The predicted molar refractivity (Wildman–Crippen MR) is 73.1 cm³/mol. The Morgan fingerprint density at radius 3 is 2.89 bits per heavy atom. The first-order valence-corrected chi connectivity index (χ1v) is 8.26. The maximum Gasteiger partial charge on any atom is 0.258 e. The zero-order valence-corrected chi connectivity index (χ0v) is 12.3. The molecule has 1 heterocycles. The highest BCUT2D eigenvalue weighted by Crippen LogP contribution is 2.26. The molecule has 0 radical (unpaired) electrons. The lowest BCUT2D eigenvalue weighted by atomic mass is 10.1. The Bertz CT molecular complexity index is 512. The van der Waals surface area contributed by atoms with E-state index in [1.165, 1.54) is 0 Å². The van der Waals surface area contributed by atoms with E-state index in [-0.39, 0.29) is 11.1 Å². The van der Waals surface area contributed by atoms with Crippen molar-refractivity contribution in [2.75, 3.05) is 6.54 Å². The van der Waals surface area contributed by atoms with Gasteiger partial charge in [-0.15, -0.1) is 0 Å². The van der Waals surface area contributed by atoms with Crippen molar-refractivity contribution in [1.29, 1.82) is 0 Å². The van der Waals surface area contributed by atoms with Gasteiger partial charge in [0, 0.05) is 18.2 Å². The molecule has 0 spiro atoms. The molecular weight excluding hydrogens is 264 g/mol. The zero-order chi connectivity index (χ0) is 13.9. The molecule has 7 heteroatoms. The molecule has 2 unspecified atom stereocenters. The Morgan fingerprint density at radius 2 is 2.26 bits per heavy atom. The van der Waals surface area contributed by atoms with Crippen molar-refractivity contribution >= 4 is 10.0 Å². The maximum atomic E-state index is 12.3. The van der Waals surface area contributed by atoms with Gasteiger partial charge >= 0.3 is 0 Å². The fourth-order valence-corrected chi connectivity index (χ4v) is 3.92. The number of nitrogens with one attached hydrogen (secondary N) is 3. The van der Waals surface area contributed by atoms with Crippen LogP contribution < -0.4 is 10.0 Å². The van der Waals surface area contributed by atoms with Crippen LogP contribution in [0.2, 0.25) is 0 Å². The van der Waals surface area contributed by atoms with Gasteiger partial charge in [0.2, 0.25) is 0 Å². The first-order valence-electron chi connectivity index (χ1n) is 6.78. The van der Waals surface area contributed by atoms with Gasteiger partial charge in [-0.25, -0.2) is 13.1 Å². The predicted octanol–water partition coefficient (Wildman–Crippen LogP) is 0.986. The Labute approximate surface area is 114 Å². The zero-order valence-electron chi connectivity index (χ0n) is 11.4. The van der Waals surface area contributed by atoms with Gasteiger partial charge in [-0.2, -0.15) is 5.10 Å². The molecule has 0 amide bonds. The lowest BCUT2D eigenvalue weighted by molar-refractivity contribution is 0.534. The van der Waals surface area contributed by atoms with E-state index < -0.39 is 10.0 Å². The first kappa shape index (κ1) is 14.5. The van der Waals surface area contributed by atoms with Crippen LogP contribution in [-0.4, -0.2) is 31.2 Å². The van der Waals surface area contributed by atoms with Crippen LogP contribution in [0.4, 0.5) is 0 Å². The minimum Gasteiger partial charge on any atom is -0.313 e. The SMILES string of the molecule is CCNCc1cn[nH]c1S(=O)(=O)NC1CCC(C)C1. The molecule has 1 aliphatic carbocycles. The van der Waals surface area contributed by atoms with E-state index in [2.05, 4.69) is 27.2 Å². The van der Waals surface area contributed by atoms with E-state index in [4.69, 9.17) is 0 Å². The van der Waals surface area contributed by atoms with Crippen LogP contribution in [-0.2, 0) is 16.6 Å². The molecule has 0 aliphatic heterocycles. The molecule has 1 aromatic heterocycles. The Balaban J connectivity index is 2.08. The van der Waals surface area contributed by atoms with Crippen LogP contribution in [0, 0.1) is 5.92 Å². The van der Waals surface area contributed by atoms with Crippen molar-refractivity contribution in [3.8, 4) is 0 Å². The number of hydrogen-bond donors (Lipinski definition) is 3. The summed E-state index contributed by atoms with van der Waals surface area (Å²) in [7, 11) is -3.49. The third-order valence-electron chi connectivity index (χ3n) is 3.53. The quantitative estimate of drug-likeness (QED) is 0.727. The van der Waals surface area contributed by atoms with Gasteiger partial charge in [-0.3, -0.25) is 5.10 Å². The van der Waals surface area contributed by atoms with Gasteiger partial charge in [-0.05, 0) is 31.7 Å². The largest absolute Gasteiger partial charge is 0.313 e. The lowest BCUT2D eigenvalue weighted by Gasteiger charge is -2.13. The van der Waals surface area contributed by atoms with Gasteiger partial charge in [0.05, 0.1) is 6.20 Å². The van der Waals surface area contributed by atoms with Gasteiger partial charge < -0.3 is 5.32 Å². The summed E-state index contributed by atoms with van der Waals surface area (Å²) in [5, 5.41) is 9.75. The molecule has 6 nitrogen and oxygen atoms in total. The molecule has 1 fully saturated rings. The van der Waals surface area contributed by atoms with Gasteiger partial charge in [0.25, 0.3) is 10.0 Å². The maximum absolute atomic E-state index is 12.3. The highest BCUT2D eigenvalue weighted by molar-refractivity contribution is 7.89. The molecule has 19 heavy (non-hydrogen) atoms. The number of hydrogen-bond acceptors (Lipinski definition) is 4. The number of sulfonamides is 1. The summed E-state index contributed by atoms with van der Waals surface area (Å²) in [6.07, 6.45) is 4.47. The van der Waals surface area contributed by atoms with Crippen LogP contribution in [0.1, 0.15) is 38.7 Å². The topological polar surface area (TPSA) is 86.9 Å². The second-order valence-electron chi connectivity index (χ2n) is 5.24. The summed E-state index contributed by atoms with van der Waals surface area (Å²) in [6, 6.07) is 0.0512. The fraction of sp³-hybridized carbons (Fsp3) is 0.750. The monoisotopic (exact) mass is 286 g/mol. The molecule has 2 rings (SSSR count). The average molecular weight is 286 g/mol. The van der Waals surface area contributed by atoms with E-state index in [1.54, 1.807) is 6.20 Å². The molecule has 0 saturated heterocycles. The summed E-state index contributed by atoms with van der Waals surface area (Å²) in [5.41, 5.74) is 0.681. The van der Waals surface area contributed by atoms with E-state index >= 15 is 0 Å². The van der Waals surface area contributed by atoms with Crippen LogP contribution >= 0.6 is 0 Å². The molecule has 2 atom stereocenters. The van der Waals surface area contributed by atoms with Crippen LogP contribution in [0.25, 0.3) is 0 Å². The van der Waals surface area contributed by atoms with E-state index in [0.29, 0.717) is 18.0 Å². The number of aromatic nitrogens is 2. The molecule has 0 aromatic carbocycles. The average Bonchev–Trinajstić information content (AvgIpc) is 2.95. The molecule has 1 aromatic rings. The summed E-state index contributed by atoms with van der Waals surface area (Å²) in [5.74, 6) is 0.593. The van der Waals surface area contributed by atoms with Crippen LogP contribution in [0.15, 0.2) is 11.2 Å². The molecule has 1 aliphatic rings. The Hall–Kier alpha value is -0.920. The van der Waals surface area contributed by atoms with Crippen molar-refractivity contribution < 1.29 is 8.42 Å². The van der Waals surface area contributed by atoms with Crippen LogP contribution in [0.5, 0.6) is 0 Å². The number of nitrogens with zero attached hydrogens (tertiary/aromatic N) is 1. The smallest absolute Gasteiger partial charge is 0.258 e. The second kappa shape index (κ2) is 6.02. The van der Waals surface area contributed by atoms with E-state index in [0.717, 1.165) is 25.8 Å². The van der Waals surface area contributed by atoms with Crippen LogP contribution in [0.3, 0.4) is 0 Å². The molecule has 108 valence electrons. The normalized spacial score (nSPS) is 23.9. The van der Waals surface area contributed by atoms with Crippen molar-refractivity contribution in [2.45, 2.75) is 50.7 Å². The Morgan fingerprint density at radius 1 is 1.47 bits per heavy atom. The highest BCUT2D eigenvalue weighted by Gasteiger charge is 2.28. The summed E-state index contributed by atoms with van der Waals surface area (Å²) < 4.78 is 27.4. The van der Waals surface area contributed by atoms with E-state index in [9.17, 15) is 8.42 Å². The minimum absolute atomic E-state index is 0.0512. The number of H-pyrrole nitrogens is 1. The molecule has 3 N–H and O–H groups in total. The summed E-state index contributed by atoms with van der Waals surface area (Å²) in [6.45, 7) is 5.43. The first-order chi connectivity index (χ1) is 9.03. The number of rotatable bonds is 6. The van der Waals surface area contributed by atoms with Crippen molar-refractivity contribution in [3.05, 3.63) is 11.8 Å². The van der Waals surface area contributed by atoms with Gasteiger partial charge in [0.1, 0.15) is 0 Å².